The van der Waals surface area contributed by atoms with Crippen LogP contribution in [0.2, 0.25) is 0 Å². The lowest BCUT2D eigenvalue weighted by molar-refractivity contribution is -0.171. The number of amides is 1. The van der Waals surface area contributed by atoms with Crippen LogP contribution in [0, 0.1) is 11.6 Å². The number of ether oxygens (including phenoxy) is 1. The van der Waals surface area contributed by atoms with Crippen LogP contribution < -0.4 is 0 Å². The maximum Gasteiger partial charge on any atom is 0.335 e. The third-order valence-electron chi connectivity index (χ3n) is 3.02. The van der Waals surface area contributed by atoms with Gasteiger partial charge in [-0.1, -0.05) is 6.07 Å². The fraction of sp³-hybridized carbons (Fsp3) is 0.333. The van der Waals surface area contributed by atoms with E-state index >= 15 is 0 Å². The lowest BCUT2D eigenvalue weighted by Crippen LogP contribution is -2.50. The Morgan fingerprint density at radius 2 is 2.00 bits per heavy atom. The molecule has 0 radical (unpaired) electrons. The van der Waals surface area contributed by atoms with Crippen LogP contribution in [0.5, 0.6) is 0 Å². The molecule has 1 heterocycles. The molecule has 7 heteroatoms. The van der Waals surface area contributed by atoms with Crippen molar-refractivity contribution in [3.05, 3.63) is 35.4 Å². The van der Waals surface area contributed by atoms with Crippen LogP contribution in [0.4, 0.5) is 8.78 Å². The second kappa shape index (κ2) is 4.93. The zero-order valence-corrected chi connectivity index (χ0v) is 9.97. The second-order valence-corrected chi connectivity index (χ2v) is 4.15. The van der Waals surface area contributed by atoms with Crippen molar-refractivity contribution in [2.24, 2.45) is 0 Å². The van der Waals surface area contributed by atoms with E-state index in [-0.39, 0.29) is 0 Å². The number of morpholine rings is 1. The molecule has 1 aromatic rings. The molecule has 0 aromatic heterocycles. The first-order valence-electron chi connectivity index (χ1n) is 5.47. The Morgan fingerprint density at radius 3 is 2.53 bits per heavy atom. The molecule has 19 heavy (non-hydrogen) atoms. The average Bonchev–Trinajstić information content (AvgIpc) is 2.33. The minimum Gasteiger partial charge on any atom is -0.479 e. The van der Waals surface area contributed by atoms with Crippen molar-refractivity contribution in [3.8, 4) is 0 Å². The molecule has 2 atom stereocenters. The van der Waals surface area contributed by atoms with Crippen LogP contribution in [-0.4, -0.2) is 41.6 Å². The number of nitrogens with zero attached hydrogens (tertiary/aromatic N) is 1. The number of hydrogen-bond donors (Lipinski definition) is 1. The van der Waals surface area contributed by atoms with Gasteiger partial charge in [-0.05, 0) is 12.1 Å². The number of carboxylic acids is 1. The fourth-order valence-electron chi connectivity index (χ4n) is 2.06. The van der Waals surface area contributed by atoms with Crippen LogP contribution in [0.3, 0.4) is 0 Å². The summed E-state index contributed by atoms with van der Waals surface area (Å²) in [7, 11) is 1.29. The van der Waals surface area contributed by atoms with Crippen molar-refractivity contribution in [2.45, 2.75) is 12.1 Å². The van der Waals surface area contributed by atoms with Crippen LogP contribution in [0.15, 0.2) is 18.2 Å². The second-order valence-electron chi connectivity index (χ2n) is 4.15. The van der Waals surface area contributed by atoms with E-state index in [1.807, 2.05) is 0 Å². The van der Waals surface area contributed by atoms with E-state index in [4.69, 9.17) is 9.84 Å². The Kier molecular flexibility index (Phi) is 3.48. The van der Waals surface area contributed by atoms with Crippen molar-refractivity contribution >= 4 is 11.9 Å². The number of carbonyl (C=O) groups is 2. The lowest BCUT2D eigenvalue weighted by atomic mass is 9.97. The normalized spacial score (nSPS) is 23.5. The van der Waals surface area contributed by atoms with Gasteiger partial charge in [-0.15, -0.1) is 0 Å². The van der Waals surface area contributed by atoms with Crippen molar-refractivity contribution in [2.75, 3.05) is 13.7 Å². The van der Waals surface area contributed by atoms with Gasteiger partial charge in [0.15, 0.2) is 6.10 Å². The monoisotopic (exact) mass is 271 g/mol. The fourth-order valence-corrected chi connectivity index (χ4v) is 2.06. The molecule has 2 unspecified atom stereocenters. The molecule has 1 saturated heterocycles. The topological polar surface area (TPSA) is 66.8 Å². The molecule has 0 spiro atoms. The van der Waals surface area contributed by atoms with E-state index in [0.29, 0.717) is 0 Å². The summed E-state index contributed by atoms with van der Waals surface area (Å²) in [5.74, 6) is -3.75. The Bertz CT molecular complexity index is 514. The lowest BCUT2D eigenvalue weighted by Gasteiger charge is -2.37. The SMILES string of the molecule is CN1C(=O)COC(C(=O)O)C1c1c(F)cccc1F. The Hall–Kier alpha value is -2.02. The predicted molar refractivity (Wildman–Crippen MR) is 59.2 cm³/mol. The molecular weight excluding hydrogens is 260 g/mol. The van der Waals surface area contributed by atoms with Crippen LogP contribution in [0.25, 0.3) is 0 Å². The number of hydrogen-bond acceptors (Lipinski definition) is 3. The highest BCUT2D eigenvalue weighted by Crippen LogP contribution is 2.32. The van der Waals surface area contributed by atoms with Crippen molar-refractivity contribution in [1.82, 2.24) is 4.90 Å². The summed E-state index contributed by atoms with van der Waals surface area (Å²) < 4.78 is 32.4. The number of carboxylic acid groups (broad SMARTS) is 1. The van der Waals surface area contributed by atoms with Gasteiger partial charge in [0.05, 0.1) is 6.04 Å². The van der Waals surface area contributed by atoms with Gasteiger partial charge in [-0.3, -0.25) is 4.79 Å². The highest BCUT2D eigenvalue weighted by atomic mass is 19.1. The van der Waals surface area contributed by atoms with Gasteiger partial charge in [-0.2, -0.15) is 0 Å². The van der Waals surface area contributed by atoms with Crippen LogP contribution in [0.1, 0.15) is 11.6 Å². The minimum atomic E-state index is -1.51. The van der Waals surface area contributed by atoms with Crippen molar-refractivity contribution < 1.29 is 28.2 Å². The number of carbonyl (C=O) groups excluding carboxylic acids is 1. The quantitative estimate of drug-likeness (QED) is 0.869. The van der Waals surface area contributed by atoms with E-state index in [1.54, 1.807) is 0 Å². The van der Waals surface area contributed by atoms with Gasteiger partial charge < -0.3 is 14.7 Å². The number of rotatable bonds is 2. The van der Waals surface area contributed by atoms with Gasteiger partial charge in [0.1, 0.15) is 18.2 Å². The summed E-state index contributed by atoms with van der Waals surface area (Å²) in [6.07, 6.45) is -1.51. The molecule has 1 fully saturated rings. The first-order valence-corrected chi connectivity index (χ1v) is 5.47. The van der Waals surface area contributed by atoms with E-state index < -0.39 is 47.8 Å². The molecule has 1 aliphatic heterocycles. The van der Waals surface area contributed by atoms with E-state index in [9.17, 15) is 18.4 Å². The van der Waals surface area contributed by atoms with Crippen molar-refractivity contribution in [3.63, 3.8) is 0 Å². The Balaban J connectivity index is 2.53. The highest BCUT2D eigenvalue weighted by Gasteiger charge is 2.42. The molecule has 0 bridgehead atoms. The molecule has 1 aromatic carbocycles. The third kappa shape index (κ3) is 2.28. The van der Waals surface area contributed by atoms with Gasteiger partial charge >= 0.3 is 5.97 Å². The zero-order valence-electron chi connectivity index (χ0n) is 9.97. The minimum absolute atomic E-state index is 0.431. The van der Waals surface area contributed by atoms with E-state index in [0.717, 1.165) is 23.1 Å². The molecule has 0 saturated carbocycles. The van der Waals surface area contributed by atoms with Gasteiger partial charge in [0, 0.05) is 12.6 Å². The molecule has 102 valence electrons. The number of aliphatic carboxylic acids is 1. The largest absolute Gasteiger partial charge is 0.479 e. The first-order chi connectivity index (χ1) is 8.93. The Morgan fingerprint density at radius 1 is 1.42 bits per heavy atom. The number of benzene rings is 1. The summed E-state index contributed by atoms with van der Waals surface area (Å²) in [6.45, 7) is -0.431. The summed E-state index contributed by atoms with van der Waals surface area (Å²) >= 11 is 0. The summed E-state index contributed by atoms with van der Waals surface area (Å²) in [6, 6.07) is 1.84. The van der Waals surface area contributed by atoms with E-state index in [1.165, 1.54) is 7.05 Å². The van der Waals surface area contributed by atoms with Gasteiger partial charge in [0.25, 0.3) is 0 Å². The van der Waals surface area contributed by atoms with Crippen LogP contribution >= 0.6 is 0 Å². The molecular formula is C12H11F2NO4. The predicted octanol–water partition coefficient (Wildman–Crippen LogP) is 0.948. The molecule has 1 N–H and O–H groups in total. The molecule has 5 nitrogen and oxygen atoms in total. The van der Waals surface area contributed by atoms with Crippen molar-refractivity contribution in [1.29, 1.82) is 0 Å². The average molecular weight is 271 g/mol. The number of likely N-dealkylation sites (N-methyl/N-ethyl adjacent to an activating group) is 1. The van der Waals surface area contributed by atoms with Crippen LogP contribution in [-0.2, 0) is 14.3 Å². The molecule has 2 rings (SSSR count). The highest BCUT2D eigenvalue weighted by molar-refractivity contribution is 5.82. The van der Waals surface area contributed by atoms with Gasteiger partial charge in [-0.25, -0.2) is 13.6 Å². The maximum atomic E-state index is 13.7. The zero-order chi connectivity index (χ0) is 14.2. The molecule has 0 aliphatic carbocycles. The summed E-state index contributed by atoms with van der Waals surface area (Å²) in [5, 5.41) is 9.05. The number of halogens is 2. The third-order valence-corrected chi connectivity index (χ3v) is 3.02. The summed E-state index contributed by atoms with van der Waals surface area (Å²) in [4.78, 5) is 23.6. The Labute approximate surface area is 107 Å². The smallest absolute Gasteiger partial charge is 0.335 e. The molecule has 1 aliphatic rings. The molecule has 1 amide bonds. The summed E-state index contributed by atoms with van der Waals surface area (Å²) in [5.41, 5.74) is -0.481. The maximum absolute atomic E-state index is 13.7. The van der Waals surface area contributed by atoms with Gasteiger partial charge in [0.2, 0.25) is 5.91 Å². The standard InChI is InChI=1S/C12H11F2NO4/c1-15-8(16)5-19-11(12(17)18)10(15)9-6(13)3-2-4-7(9)14/h2-4,10-11H,5H2,1H3,(H,17,18). The first kappa shape index (κ1) is 13.4. The van der Waals surface area contributed by atoms with E-state index in [2.05, 4.69) is 0 Å².